The summed E-state index contributed by atoms with van der Waals surface area (Å²) in [5.74, 6) is 1.37. The first kappa shape index (κ1) is 12.9. The first-order chi connectivity index (χ1) is 9.05. The minimum absolute atomic E-state index is 0.00791. The molecule has 1 unspecified atom stereocenters. The van der Waals surface area contributed by atoms with Gasteiger partial charge < -0.3 is 9.47 Å². The van der Waals surface area contributed by atoms with E-state index in [1.807, 2.05) is 0 Å². The molecule has 1 saturated heterocycles. The summed E-state index contributed by atoms with van der Waals surface area (Å²) < 4.78 is 11.5. The van der Waals surface area contributed by atoms with Crippen molar-refractivity contribution in [1.29, 1.82) is 0 Å². The summed E-state index contributed by atoms with van der Waals surface area (Å²) in [7, 11) is 0. The summed E-state index contributed by atoms with van der Waals surface area (Å²) in [6.45, 7) is 8.07. The van der Waals surface area contributed by atoms with Crippen LogP contribution in [0.15, 0.2) is 6.33 Å². The van der Waals surface area contributed by atoms with Crippen LogP contribution in [0.4, 0.5) is 0 Å². The minimum Gasteiger partial charge on any atom is -0.472 e. The van der Waals surface area contributed by atoms with Gasteiger partial charge in [0.1, 0.15) is 12.4 Å². The maximum absolute atomic E-state index is 6.08. The molecular weight excluding hydrogens is 240 g/mol. The molecule has 4 nitrogen and oxygen atoms in total. The predicted octanol–water partition coefficient (Wildman–Crippen LogP) is 2.82. The van der Waals surface area contributed by atoms with Crippen LogP contribution < -0.4 is 4.74 Å². The molecular formula is C15H22N2O2. The van der Waals surface area contributed by atoms with Crippen molar-refractivity contribution in [3.63, 3.8) is 0 Å². The lowest BCUT2D eigenvalue weighted by atomic mass is 9.85. The van der Waals surface area contributed by atoms with Gasteiger partial charge in [-0.25, -0.2) is 9.97 Å². The van der Waals surface area contributed by atoms with E-state index in [2.05, 4.69) is 30.7 Å². The summed E-state index contributed by atoms with van der Waals surface area (Å²) >= 11 is 0. The Kier molecular flexibility index (Phi) is 3.21. The normalized spacial score (nSPS) is 23.6. The highest BCUT2D eigenvalue weighted by Crippen LogP contribution is 2.45. The van der Waals surface area contributed by atoms with Gasteiger partial charge in [0.05, 0.1) is 18.9 Å². The maximum atomic E-state index is 6.08. The Balaban J connectivity index is 1.95. The molecule has 19 heavy (non-hydrogen) atoms. The molecule has 1 aromatic heterocycles. The highest BCUT2D eigenvalue weighted by Gasteiger charge is 2.35. The Morgan fingerprint density at radius 2 is 2.00 bits per heavy atom. The third kappa shape index (κ3) is 2.73. The number of nitrogens with zero attached hydrogens (tertiary/aromatic N) is 2. The molecule has 0 aromatic carbocycles. The molecule has 104 valence electrons. The second-order valence-corrected chi connectivity index (χ2v) is 6.57. The van der Waals surface area contributed by atoms with Gasteiger partial charge in [-0.15, -0.1) is 0 Å². The first-order valence-electron chi connectivity index (χ1n) is 7.15. The zero-order valence-electron chi connectivity index (χ0n) is 12.0. The Morgan fingerprint density at radius 1 is 1.21 bits per heavy atom. The van der Waals surface area contributed by atoms with Gasteiger partial charge in [-0.2, -0.15) is 0 Å². The fourth-order valence-electron chi connectivity index (χ4n) is 2.61. The molecule has 1 saturated carbocycles. The smallest absolute Gasteiger partial charge is 0.220 e. The topological polar surface area (TPSA) is 44.2 Å². The molecule has 2 aliphatic rings. The van der Waals surface area contributed by atoms with Crippen LogP contribution >= 0.6 is 0 Å². The van der Waals surface area contributed by atoms with Gasteiger partial charge in [-0.1, -0.05) is 20.8 Å². The van der Waals surface area contributed by atoms with E-state index in [-0.39, 0.29) is 11.5 Å². The molecule has 0 amide bonds. The average molecular weight is 262 g/mol. The Bertz CT molecular complexity index is 458. The van der Waals surface area contributed by atoms with Gasteiger partial charge >= 0.3 is 0 Å². The van der Waals surface area contributed by atoms with Crippen molar-refractivity contribution >= 4 is 0 Å². The molecule has 0 spiro atoms. The molecule has 2 heterocycles. The number of ether oxygens (including phenoxy) is 2. The van der Waals surface area contributed by atoms with Crippen LogP contribution in [0, 0.1) is 0 Å². The number of rotatable bonds is 3. The zero-order valence-corrected chi connectivity index (χ0v) is 12.0. The van der Waals surface area contributed by atoms with Gasteiger partial charge in [0, 0.05) is 17.9 Å². The van der Waals surface area contributed by atoms with Crippen molar-refractivity contribution in [2.24, 2.45) is 0 Å². The highest BCUT2D eigenvalue weighted by atomic mass is 16.5. The van der Waals surface area contributed by atoms with Gasteiger partial charge in [0.25, 0.3) is 0 Å². The molecule has 1 aliphatic heterocycles. The quantitative estimate of drug-likeness (QED) is 0.840. The van der Waals surface area contributed by atoms with E-state index in [1.165, 1.54) is 24.1 Å². The Labute approximate surface area is 114 Å². The van der Waals surface area contributed by atoms with Crippen molar-refractivity contribution < 1.29 is 9.47 Å². The second-order valence-electron chi connectivity index (χ2n) is 6.57. The zero-order chi connectivity index (χ0) is 13.5. The summed E-state index contributed by atoms with van der Waals surface area (Å²) in [4.78, 5) is 8.91. The van der Waals surface area contributed by atoms with Crippen molar-refractivity contribution in [2.75, 3.05) is 13.2 Å². The molecule has 4 heteroatoms. The van der Waals surface area contributed by atoms with Crippen LogP contribution in [0.2, 0.25) is 0 Å². The number of aromatic nitrogens is 2. The molecule has 0 bridgehead atoms. The van der Waals surface area contributed by atoms with Crippen LogP contribution in [0.25, 0.3) is 0 Å². The van der Waals surface area contributed by atoms with Gasteiger partial charge in [-0.3, -0.25) is 0 Å². The van der Waals surface area contributed by atoms with Gasteiger partial charge in [0.15, 0.2) is 0 Å². The first-order valence-corrected chi connectivity index (χ1v) is 7.15. The standard InChI is InChI=1S/C15H22N2O2/c1-15(2,3)12-13(10-4-5-10)16-9-17-14(12)19-11-6-7-18-8-11/h9-11H,4-8H2,1-3H3. The van der Waals surface area contributed by atoms with E-state index in [9.17, 15) is 0 Å². The van der Waals surface area contributed by atoms with E-state index in [0.29, 0.717) is 12.5 Å². The summed E-state index contributed by atoms with van der Waals surface area (Å²) in [6.07, 6.45) is 5.22. The summed E-state index contributed by atoms with van der Waals surface area (Å²) in [6, 6.07) is 0. The molecule has 3 rings (SSSR count). The van der Waals surface area contributed by atoms with Crippen LogP contribution in [0.3, 0.4) is 0 Å². The fraction of sp³-hybridized carbons (Fsp3) is 0.733. The largest absolute Gasteiger partial charge is 0.472 e. The molecule has 1 aromatic rings. The Hall–Kier alpha value is -1.16. The predicted molar refractivity (Wildman–Crippen MR) is 72.6 cm³/mol. The van der Waals surface area contributed by atoms with E-state index in [0.717, 1.165) is 18.9 Å². The van der Waals surface area contributed by atoms with Crippen LogP contribution in [-0.2, 0) is 10.2 Å². The van der Waals surface area contributed by atoms with Crippen molar-refractivity contribution in [3.05, 3.63) is 17.6 Å². The molecule has 0 radical (unpaired) electrons. The highest BCUT2D eigenvalue weighted by molar-refractivity contribution is 5.39. The summed E-state index contributed by atoms with van der Waals surface area (Å²) in [5.41, 5.74) is 2.38. The number of hydrogen-bond acceptors (Lipinski definition) is 4. The second kappa shape index (κ2) is 4.75. The van der Waals surface area contributed by atoms with E-state index in [1.54, 1.807) is 6.33 Å². The molecule has 0 N–H and O–H groups in total. The van der Waals surface area contributed by atoms with Gasteiger partial charge in [-0.05, 0) is 18.3 Å². The van der Waals surface area contributed by atoms with Crippen LogP contribution in [0.5, 0.6) is 5.88 Å². The monoisotopic (exact) mass is 262 g/mol. The molecule has 1 atom stereocenters. The van der Waals surface area contributed by atoms with E-state index >= 15 is 0 Å². The summed E-state index contributed by atoms with van der Waals surface area (Å²) in [5, 5.41) is 0. The Morgan fingerprint density at radius 3 is 2.58 bits per heavy atom. The van der Waals surface area contributed by atoms with E-state index in [4.69, 9.17) is 9.47 Å². The van der Waals surface area contributed by atoms with Crippen molar-refractivity contribution in [3.8, 4) is 5.88 Å². The van der Waals surface area contributed by atoms with Gasteiger partial charge in [0.2, 0.25) is 5.88 Å². The third-order valence-corrected chi connectivity index (χ3v) is 3.72. The fourth-order valence-corrected chi connectivity index (χ4v) is 2.61. The van der Waals surface area contributed by atoms with Crippen LogP contribution in [0.1, 0.15) is 57.2 Å². The lowest BCUT2D eigenvalue weighted by Gasteiger charge is -2.25. The minimum atomic E-state index is 0.00791. The molecule has 2 fully saturated rings. The molecule has 1 aliphatic carbocycles. The average Bonchev–Trinajstić information content (AvgIpc) is 3.07. The van der Waals surface area contributed by atoms with Crippen molar-refractivity contribution in [1.82, 2.24) is 9.97 Å². The van der Waals surface area contributed by atoms with Crippen LogP contribution in [-0.4, -0.2) is 29.3 Å². The third-order valence-electron chi connectivity index (χ3n) is 3.72. The lowest BCUT2D eigenvalue weighted by molar-refractivity contribution is 0.136. The SMILES string of the molecule is CC(C)(C)c1c(OC2CCOC2)ncnc1C1CC1. The number of hydrogen-bond donors (Lipinski definition) is 0. The maximum Gasteiger partial charge on any atom is 0.220 e. The van der Waals surface area contributed by atoms with Crippen molar-refractivity contribution in [2.45, 2.75) is 57.5 Å². The lowest BCUT2D eigenvalue weighted by Crippen LogP contribution is -2.23. The van der Waals surface area contributed by atoms with E-state index < -0.39 is 0 Å².